The highest BCUT2D eigenvalue weighted by Gasteiger charge is 2.40. The molecule has 9 heteroatoms. The summed E-state index contributed by atoms with van der Waals surface area (Å²) < 4.78 is 5.68. The largest absolute Gasteiger partial charge is 0.364 e. The number of hydrogen-bond donors (Lipinski definition) is 2. The highest BCUT2D eigenvalue weighted by Crippen LogP contribution is 2.27. The molecule has 1 unspecified atom stereocenters. The summed E-state index contributed by atoms with van der Waals surface area (Å²) in [6.07, 6.45) is 2.26. The molecule has 3 N–H and O–H groups in total. The van der Waals surface area contributed by atoms with Crippen LogP contribution in [0.25, 0.3) is 0 Å². The van der Waals surface area contributed by atoms with Gasteiger partial charge in [-0.25, -0.2) is 0 Å². The van der Waals surface area contributed by atoms with Crippen LogP contribution in [0.1, 0.15) is 25.7 Å². The van der Waals surface area contributed by atoms with E-state index in [2.05, 4.69) is 5.32 Å². The van der Waals surface area contributed by atoms with Gasteiger partial charge in [-0.2, -0.15) is 0 Å². The van der Waals surface area contributed by atoms with E-state index in [9.17, 15) is 9.59 Å². The van der Waals surface area contributed by atoms with E-state index in [1.807, 2.05) is 0 Å². The Labute approximate surface area is 168 Å². The SMILES string of the molecule is Cl.NC[C@H]1CC[C@@H](C(=O)N2CCCC2C(=O)Nc2cc(Cl)cc(Cl)c2)O1. The van der Waals surface area contributed by atoms with Crippen LogP contribution in [0.4, 0.5) is 5.69 Å². The number of nitrogens with zero attached hydrogens (tertiary/aromatic N) is 1. The zero-order chi connectivity index (χ0) is 18.0. The number of halogens is 3. The Balaban J connectivity index is 0.00000243. The van der Waals surface area contributed by atoms with Gasteiger partial charge in [0.25, 0.3) is 5.91 Å². The number of nitrogens with one attached hydrogen (secondary N) is 1. The van der Waals surface area contributed by atoms with Crippen LogP contribution in [-0.4, -0.2) is 48.1 Å². The van der Waals surface area contributed by atoms with Crippen LogP contribution in [-0.2, 0) is 14.3 Å². The van der Waals surface area contributed by atoms with Crippen molar-refractivity contribution < 1.29 is 14.3 Å². The fourth-order valence-electron chi connectivity index (χ4n) is 3.40. The molecule has 2 aliphatic rings. The third kappa shape index (κ3) is 4.81. The first-order valence-corrected chi connectivity index (χ1v) is 9.16. The van der Waals surface area contributed by atoms with Gasteiger partial charge in [-0.15, -0.1) is 12.4 Å². The van der Waals surface area contributed by atoms with E-state index >= 15 is 0 Å². The highest BCUT2D eigenvalue weighted by molar-refractivity contribution is 6.35. The standard InChI is InChI=1S/C17H21Cl2N3O3.ClH/c18-10-6-11(19)8-12(7-10)21-16(23)14-2-1-5-22(14)17(24)15-4-3-13(9-20)25-15;/h6-8,13-15H,1-5,9,20H2,(H,21,23);1H/t13-,14?,15+;/m1./s1. The van der Waals surface area contributed by atoms with E-state index < -0.39 is 12.1 Å². The molecule has 3 rings (SSSR count). The molecule has 0 aliphatic carbocycles. The molecule has 2 fully saturated rings. The van der Waals surface area contributed by atoms with Gasteiger partial charge in [-0.1, -0.05) is 23.2 Å². The molecule has 3 atom stereocenters. The van der Waals surface area contributed by atoms with E-state index in [1.165, 1.54) is 0 Å². The maximum atomic E-state index is 12.7. The van der Waals surface area contributed by atoms with Gasteiger partial charge in [0.1, 0.15) is 12.1 Å². The van der Waals surface area contributed by atoms with Crippen LogP contribution in [0.3, 0.4) is 0 Å². The molecule has 2 heterocycles. The second-order valence-corrected chi connectivity index (χ2v) is 7.27. The van der Waals surface area contributed by atoms with Gasteiger partial charge in [0.15, 0.2) is 0 Å². The molecule has 0 bridgehead atoms. The monoisotopic (exact) mass is 421 g/mol. The lowest BCUT2D eigenvalue weighted by atomic mass is 10.1. The molecule has 6 nitrogen and oxygen atoms in total. The number of rotatable bonds is 4. The summed E-state index contributed by atoms with van der Waals surface area (Å²) in [7, 11) is 0. The lowest BCUT2D eigenvalue weighted by molar-refractivity contribution is -0.146. The smallest absolute Gasteiger partial charge is 0.252 e. The number of ether oxygens (including phenoxy) is 1. The summed E-state index contributed by atoms with van der Waals surface area (Å²) in [4.78, 5) is 27.0. The van der Waals surface area contributed by atoms with Gasteiger partial charge in [-0.05, 0) is 43.9 Å². The average Bonchev–Trinajstić information content (AvgIpc) is 3.22. The van der Waals surface area contributed by atoms with Gasteiger partial charge in [0, 0.05) is 28.8 Å². The molecule has 2 saturated heterocycles. The predicted molar refractivity (Wildman–Crippen MR) is 104 cm³/mol. The molecular formula is C17H22Cl3N3O3. The molecule has 1 aromatic rings. The number of likely N-dealkylation sites (tertiary alicyclic amines) is 1. The fourth-order valence-corrected chi connectivity index (χ4v) is 3.93. The van der Waals surface area contributed by atoms with Gasteiger partial charge >= 0.3 is 0 Å². The summed E-state index contributed by atoms with van der Waals surface area (Å²) in [6.45, 7) is 0.962. The zero-order valence-corrected chi connectivity index (χ0v) is 16.4. The zero-order valence-electron chi connectivity index (χ0n) is 14.1. The van der Waals surface area contributed by atoms with Crippen LogP contribution in [0.15, 0.2) is 18.2 Å². The van der Waals surface area contributed by atoms with E-state index in [4.69, 9.17) is 33.7 Å². The minimum Gasteiger partial charge on any atom is -0.364 e. The normalized spacial score (nSPS) is 25.0. The fraction of sp³-hybridized carbons (Fsp3) is 0.529. The summed E-state index contributed by atoms with van der Waals surface area (Å²) in [6, 6.07) is 4.33. The molecule has 26 heavy (non-hydrogen) atoms. The Hall–Kier alpha value is -1.05. The Morgan fingerprint density at radius 3 is 2.50 bits per heavy atom. The predicted octanol–water partition coefficient (Wildman–Crippen LogP) is 2.85. The molecule has 144 valence electrons. The summed E-state index contributed by atoms with van der Waals surface area (Å²) in [5.74, 6) is -0.365. The second kappa shape index (κ2) is 9.24. The number of nitrogens with two attached hydrogens (primary N) is 1. The number of carbonyl (C=O) groups is 2. The molecule has 1 aromatic carbocycles. The van der Waals surface area contributed by atoms with Crippen molar-refractivity contribution in [3.05, 3.63) is 28.2 Å². The van der Waals surface area contributed by atoms with E-state index in [0.29, 0.717) is 41.7 Å². The number of benzene rings is 1. The van der Waals surface area contributed by atoms with Gasteiger partial charge in [0.2, 0.25) is 5.91 Å². The lowest BCUT2D eigenvalue weighted by Crippen LogP contribution is -2.47. The number of anilines is 1. The van der Waals surface area contributed by atoms with Crippen molar-refractivity contribution in [2.24, 2.45) is 5.73 Å². The molecule has 2 amide bonds. The van der Waals surface area contributed by atoms with E-state index in [0.717, 1.165) is 12.8 Å². The minimum absolute atomic E-state index is 0. The van der Waals surface area contributed by atoms with Crippen molar-refractivity contribution >= 4 is 53.1 Å². The van der Waals surface area contributed by atoms with E-state index in [-0.39, 0.29) is 30.3 Å². The topological polar surface area (TPSA) is 84.7 Å². The van der Waals surface area contributed by atoms with Gasteiger partial charge in [0.05, 0.1) is 6.10 Å². The second-order valence-electron chi connectivity index (χ2n) is 6.40. The van der Waals surface area contributed by atoms with Crippen molar-refractivity contribution in [3.63, 3.8) is 0 Å². The Bertz CT molecular complexity index is 654. The first kappa shape index (κ1) is 21.3. The van der Waals surface area contributed by atoms with Crippen LogP contribution < -0.4 is 11.1 Å². The molecule has 0 saturated carbocycles. The van der Waals surface area contributed by atoms with Gasteiger partial charge in [-0.3, -0.25) is 9.59 Å². The Morgan fingerprint density at radius 2 is 1.88 bits per heavy atom. The maximum absolute atomic E-state index is 12.7. The summed E-state index contributed by atoms with van der Waals surface area (Å²) >= 11 is 11.9. The average molecular weight is 423 g/mol. The van der Waals surface area contributed by atoms with Crippen LogP contribution in [0.2, 0.25) is 10.0 Å². The summed E-state index contributed by atoms with van der Waals surface area (Å²) in [5.41, 5.74) is 6.12. The molecule has 0 aromatic heterocycles. The van der Waals surface area contributed by atoms with Gasteiger partial charge < -0.3 is 20.7 Å². The maximum Gasteiger partial charge on any atom is 0.252 e. The molecule has 0 spiro atoms. The van der Waals surface area contributed by atoms with Crippen LogP contribution >= 0.6 is 35.6 Å². The molecule has 0 radical (unpaired) electrons. The van der Waals surface area contributed by atoms with Crippen LogP contribution in [0.5, 0.6) is 0 Å². The first-order chi connectivity index (χ1) is 12.0. The van der Waals surface area contributed by atoms with Crippen molar-refractivity contribution in [1.29, 1.82) is 0 Å². The number of amides is 2. The van der Waals surface area contributed by atoms with E-state index in [1.54, 1.807) is 23.1 Å². The Morgan fingerprint density at radius 1 is 1.19 bits per heavy atom. The molecule has 2 aliphatic heterocycles. The third-order valence-electron chi connectivity index (χ3n) is 4.61. The van der Waals surface area contributed by atoms with Crippen molar-refractivity contribution in [2.75, 3.05) is 18.4 Å². The molecular weight excluding hydrogens is 401 g/mol. The lowest BCUT2D eigenvalue weighted by Gasteiger charge is -2.26. The Kier molecular flexibility index (Phi) is 7.55. The summed E-state index contributed by atoms with van der Waals surface area (Å²) in [5, 5.41) is 3.68. The quantitative estimate of drug-likeness (QED) is 0.781. The van der Waals surface area contributed by atoms with Crippen molar-refractivity contribution in [2.45, 2.75) is 43.9 Å². The third-order valence-corrected chi connectivity index (χ3v) is 5.05. The minimum atomic E-state index is -0.509. The van der Waals surface area contributed by atoms with Crippen LogP contribution in [0, 0.1) is 0 Å². The number of hydrogen-bond acceptors (Lipinski definition) is 4. The highest BCUT2D eigenvalue weighted by atomic mass is 35.5. The first-order valence-electron chi connectivity index (χ1n) is 8.41. The van der Waals surface area contributed by atoms with Crippen molar-refractivity contribution in [3.8, 4) is 0 Å². The van der Waals surface area contributed by atoms with Crippen molar-refractivity contribution in [1.82, 2.24) is 4.90 Å². The number of carbonyl (C=O) groups excluding carboxylic acids is 2.